The summed E-state index contributed by atoms with van der Waals surface area (Å²) in [5.74, 6) is -7.43. The minimum absolute atomic E-state index is 0. The third-order valence-electron chi connectivity index (χ3n) is 3.56. The maximum atomic E-state index is 10.3. The van der Waals surface area contributed by atoms with Crippen molar-refractivity contribution in [2.24, 2.45) is 0 Å². The first kappa shape index (κ1) is 32.6. The molecule has 3 rings (SSSR count). The van der Waals surface area contributed by atoms with E-state index in [1.807, 2.05) is 0 Å². The van der Waals surface area contributed by atoms with Gasteiger partial charge < -0.3 is 30.6 Å². The summed E-state index contributed by atoms with van der Waals surface area (Å²) >= 11 is 0. The number of nitrogens with zero attached hydrogens (tertiary/aromatic N) is 3. The quantitative estimate of drug-likeness (QED) is 0.218. The molecular formula is C21H15N3O12Tb. The molecule has 0 fully saturated rings. The van der Waals surface area contributed by atoms with Crippen LogP contribution < -0.4 is 0 Å². The molecule has 0 amide bonds. The zero-order chi connectivity index (χ0) is 27.4. The van der Waals surface area contributed by atoms with E-state index >= 15 is 0 Å². The van der Waals surface area contributed by atoms with Crippen LogP contribution in [-0.4, -0.2) is 81.4 Å². The summed E-state index contributed by atoms with van der Waals surface area (Å²) in [6.45, 7) is 0. The number of hydrogen-bond acceptors (Lipinski definition) is 9. The van der Waals surface area contributed by atoms with Crippen molar-refractivity contribution in [3.63, 3.8) is 0 Å². The van der Waals surface area contributed by atoms with Gasteiger partial charge in [-0.05, 0) is 36.4 Å². The molecule has 0 aliphatic heterocycles. The average molecular weight is 660 g/mol. The number of carboxylic acid groups (broad SMARTS) is 6. The van der Waals surface area contributed by atoms with Crippen LogP contribution in [0.4, 0.5) is 0 Å². The Hall–Kier alpha value is -4.44. The zero-order valence-electron chi connectivity index (χ0n) is 18.0. The molecule has 15 nitrogen and oxygen atoms in total. The van der Waals surface area contributed by atoms with E-state index in [1.54, 1.807) is 0 Å². The fourth-order valence-electron chi connectivity index (χ4n) is 2.02. The fraction of sp³-hybridized carbons (Fsp3) is 0. The van der Waals surface area contributed by atoms with Crippen molar-refractivity contribution in [2.75, 3.05) is 0 Å². The molecule has 1 radical (unpaired) electrons. The van der Waals surface area contributed by atoms with E-state index in [2.05, 4.69) is 15.0 Å². The molecule has 0 aliphatic carbocycles. The van der Waals surface area contributed by atoms with Gasteiger partial charge in [0, 0.05) is 38.6 Å². The van der Waals surface area contributed by atoms with E-state index in [9.17, 15) is 28.8 Å². The standard InChI is InChI=1S/3C7H5NO4.Tb/c3*9-6(10)4-2-1-3-5(8-4)7(11)12;/h3*1-3H,(H,9,10)(H,11,12);. The smallest absolute Gasteiger partial charge is 0.354 e. The minimum atomic E-state index is -1.24. The molecule has 0 bridgehead atoms. The number of carboxylic acids is 6. The van der Waals surface area contributed by atoms with Crippen molar-refractivity contribution < 1.29 is 98.0 Å². The first-order valence-electron chi connectivity index (χ1n) is 9.14. The van der Waals surface area contributed by atoms with Gasteiger partial charge in [0.05, 0.1) is 0 Å². The monoisotopic (exact) mass is 660 g/mol. The van der Waals surface area contributed by atoms with E-state index in [4.69, 9.17) is 30.6 Å². The van der Waals surface area contributed by atoms with E-state index < -0.39 is 35.8 Å². The molecule has 37 heavy (non-hydrogen) atoms. The van der Waals surface area contributed by atoms with Gasteiger partial charge in [0.2, 0.25) is 0 Å². The molecule has 0 aromatic carbocycles. The molecule has 0 aliphatic rings. The van der Waals surface area contributed by atoms with Crippen LogP contribution in [0.3, 0.4) is 0 Å². The Morgan fingerprint density at radius 1 is 0.378 bits per heavy atom. The molecule has 0 atom stereocenters. The Kier molecular flexibility index (Phi) is 13.7. The first-order valence-corrected chi connectivity index (χ1v) is 9.14. The van der Waals surface area contributed by atoms with Gasteiger partial charge in [0.1, 0.15) is 34.2 Å². The predicted octanol–water partition coefficient (Wildman–Crippen LogP) is 1.43. The van der Waals surface area contributed by atoms with E-state index in [1.165, 1.54) is 54.6 Å². The van der Waals surface area contributed by atoms with E-state index in [0.717, 1.165) is 0 Å². The summed E-state index contributed by atoms with van der Waals surface area (Å²) in [5, 5.41) is 50.6. The van der Waals surface area contributed by atoms with Gasteiger partial charge in [-0.1, -0.05) is 18.2 Å². The van der Waals surface area contributed by atoms with Gasteiger partial charge in [0.25, 0.3) is 0 Å². The Morgan fingerprint density at radius 3 is 0.622 bits per heavy atom. The molecule has 3 heterocycles. The number of carbonyl (C=O) groups is 6. The number of hydrogen-bond donors (Lipinski definition) is 6. The normalized spacial score (nSPS) is 9.08. The second-order valence-corrected chi connectivity index (χ2v) is 6.06. The van der Waals surface area contributed by atoms with Crippen LogP contribution in [0.15, 0.2) is 54.6 Å². The number of pyridine rings is 3. The SMILES string of the molecule is O=C(O)c1cccc(C(=O)O)n1.O=C(O)c1cccc(C(=O)O)n1.O=C(O)c1cccc(C(=O)O)n1.[Tb]. The molecular weight excluding hydrogens is 645 g/mol. The second-order valence-electron chi connectivity index (χ2n) is 6.06. The van der Waals surface area contributed by atoms with E-state index in [-0.39, 0.29) is 72.8 Å². The molecule has 0 saturated carbocycles. The molecule has 3 aromatic rings. The topological polar surface area (TPSA) is 262 Å². The fourth-order valence-corrected chi connectivity index (χ4v) is 2.02. The average Bonchev–Trinajstić information content (AvgIpc) is 2.85. The van der Waals surface area contributed by atoms with Gasteiger partial charge >= 0.3 is 35.8 Å². The van der Waals surface area contributed by atoms with E-state index in [0.29, 0.717) is 0 Å². The van der Waals surface area contributed by atoms with Crippen LogP contribution in [-0.2, 0) is 0 Å². The summed E-state index contributed by atoms with van der Waals surface area (Å²) in [5.41, 5.74) is -1.61. The number of aromatic nitrogens is 3. The van der Waals surface area contributed by atoms with Crippen LogP contribution >= 0.6 is 0 Å². The molecule has 0 saturated heterocycles. The van der Waals surface area contributed by atoms with Crippen molar-refractivity contribution in [1.29, 1.82) is 0 Å². The summed E-state index contributed by atoms with van der Waals surface area (Å²) in [7, 11) is 0. The first-order chi connectivity index (χ1) is 16.8. The minimum Gasteiger partial charge on any atom is -0.477 e. The Bertz CT molecular complexity index is 1080. The number of aromatic carboxylic acids is 6. The van der Waals surface area contributed by atoms with Crippen molar-refractivity contribution in [3.05, 3.63) is 88.8 Å². The van der Waals surface area contributed by atoms with Gasteiger partial charge in [-0.3, -0.25) is 0 Å². The molecule has 0 spiro atoms. The van der Waals surface area contributed by atoms with Gasteiger partial charge in [-0.25, -0.2) is 43.7 Å². The summed E-state index contributed by atoms with van der Waals surface area (Å²) < 4.78 is 0. The maximum absolute atomic E-state index is 10.3. The second kappa shape index (κ2) is 15.5. The van der Waals surface area contributed by atoms with Crippen LogP contribution in [0.5, 0.6) is 0 Å². The van der Waals surface area contributed by atoms with Crippen LogP contribution in [0.2, 0.25) is 0 Å². The molecule has 195 valence electrons. The summed E-state index contributed by atoms with van der Waals surface area (Å²) in [4.78, 5) is 72.0. The number of rotatable bonds is 6. The molecule has 16 heteroatoms. The van der Waals surface area contributed by atoms with Crippen molar-refractivity contribution in [3.8, 4) is 0 Å². The summed E-state index contributed by atoms with van der Waals surface area (Å²) in [6.07, 6.45) is 0. The predicted molar refractivity (Wildman–Crippen MR) is 114 cm³/mol. The maximum Gasteiger partial charge on any atom is 0.354 e. The van der Waals surface area contributed by atoms with Gasteiger partial charge in [-0.2, -0.15) is 0 Å². The molecule has 3 aromatic heterocycles. The Balaban J connectivity index is 0.000000518. The van der Waals surface area contributed by atoms with Crippen molar-refractivity contribution in [2.45, 2.75) is 0 Å². The van der Waals surface area contributed by atoms with Gasteiger partial charge in [-0.15, -0.1) is 0 Å². The molecule has 6 N–H and O–H groups in total. The summed E-state index contributed by atoms with van der Waals surface area (Å²) in [6, 6.07) is 11.4. The van der Waals surface area contributed by atoms with Crippen LogP contribution in [0.1, 0.15) is 62.9 Å². The molecule has 0 unspecified atom stereocenters. The van der Waals surface area contributed by atoms with Crippen LogP contribution in [0.25, 0.3) is 0 Å². The van der Waals surface area contributed by atoms with Crippen molar-refractivity contribution in [1.82, 2.24) is 15.0 Å². The van der Waals surface area contributed by atoms with Crippen LogP contribution in [0, 0.1) is 38.6 Å². The van der Waals surface area contributed by atoms with Gasteiger partial charge in [0.15, 0.2) is 0 Å². The zero-order valence-corrected chi connectivity index (χ0v) is 20.1. The third kappa shape index (κ3) is 11.2. The largest absolute Gasteiger partial charge is 0.477 e. The van der Waals surface area contributed by atoms with Crippen molar-refractivity contribution >= 4 is 35.8 Å². The third-order valence-corrected chi connectivity index (χ3v) is 3.56. The Morgan fingerprint density at radius 2 is 0.514 bits per heavy atom. The Labute approximate surface area is 236 Å².